The lowest BCUT2D eigenvalue weighted by Crippen LogP contribution is -2.49. The molecule has 1 aromatic heterocycles. The molecule has 2 aliphatic rings. The van der Waals surface area contributed by atoms with Gasteiger partial charge in [-0.2, -0.15) is 5.10 Å². The highest BCUT2D eigenvalue weighted by Crippen LogP contribution is 2.39. The van der Waals surface area contributed by atoms with Crippen LogP contribution in [0.1, 0.15) is 44.5 Å². The Balaban J connectivity index is 1.59. The molecule has 4 rings (SSSR count). The van der Waals surface area contributed by atoms with Gasteiger partial charge in [0.1, 0.15) is 6.54 Å². The van der Waals surface area contributed by atoms with Crippen molar-refractivity contribution in [2.75, 3.05) is 20.4 Å². The number of hydrogen-bond donors (Lipinski definition) is 1. The van der Waals surface area contributed by atoms with Crippen molar-refractivity contribution in [3.8, 4) is 11.5 Å². The summed E-state index contributed by atoms with van der Waals surface area (Å²) in [6.45, 7) is 5.78. The molecule has 1 aromatic carbocycles. The van der Waals surface area contributed by atoms with Crippen LogP contribution in [0.15, 0.2) is 41.6 Å². The Morgan fingerprint density at radius 1 is 1.22 bits per heavy atom. The molecule has 0 spiro atoms. The molecule has 0 fully saturated rings. The van der Waals surface area contributed by atoms with Gasteiger partial charge in [0.2, 0.25) is 6.79 Å². The number of nitrogens with one attached hydrogen (secondary N) is 1. The van der Waals surface area contributed by atoms with Crippen LogP contribution in [0.5, 0.6) is 11.5 Å². The number of hydrazone groups is 1. The third kappa shape index (κ3) is 4.42. The SMILES string of the molecule is CN(CC(=O)N1N=C(c2cccn2C)C[C@@H]1c1ccc2c(c1)OCO2)C(=O)NC(C)(C)C. The number of urea groups is 1. The fourth-order valence-corrected chi connectivity index (χ4v) is 3.80. The standard InChI is InChI=1S/C23H29N5O4/c1-23(2,3)24-22(30)27(5)13-21(29)28-18(12-16(25-28)17-7-6-10-26(17)4)15-8-9-19-20(11-15)32-14-31-19/h6-11,18H,12-14H2,1-5H3,(H,24,30)/t18-/m1/s1. The van der Waals surface area contributed by atoms with Gasteiger partial charge in [0, 0.05) is 32.3 Å². The topological polar surface area (TPSA) is 88.4 Å². The summed E-state index contributed by atoms with van der Waals surface area (Å²) in [6.07, 6.45) is 2.50. The number of nitrogens with zero attached hydrogens (tertiary/aromatic N) is 4. The quantitative estimate of drug-likeness (QED) is 0.794. The average molecular weight is 440 g/mol. The van der Waals surface area contributed by atoms with E-state index in [1.807, 2.05) is 68.9 Å². The van der Waals surface area contributed by atoms with Gasteiger partial charge in [0.15, 0.2) is 11.5 Å². The minimum Gasteiger partial charge on any atom is -0.454 e. The summed E-state index contributed by atoms with van der Waals surface area (Å²) < 4.78 is 12.9. The lowest BCUT2D eigenvalue weighted by Gasteiger charge is -2.28. The van der Waals surface area contributed by atoms with Gasteiger partial charge in [-0.1, -0.05) is 6.07 Å². The van der Waals surface area contributed by atoms with Gasteiger partial charge in [-0.15, -0.1) is 0 Å². The number of carbonyl (C=O) groups is 2. The van der Waals surface area contributed by atoms with Gasteiger partial charge in [-0.25, -0.2) is 9.80 Å². The number of rotatable bonds is 4. The highest BCUT2D eigenvalue weighted by molar-refractivity contribution is 6.02. The van der Waals surface area contributed by atoms with E-state index in [9.17, 15) is 9.59 Å². The predicted molar refractivity (Wildman–Crippen MR) is 120 cm³/mol. The molecule has 170 valence electrons. The number of ether oxygens (including phenoxy) is 2. The second kappa shape index (κ2) is 8.22. The highest BCUT2D eigenvalue weighted by Gasteiger charge is 2.35. The Kier molecular flexibility index (Phi) is 5.58. The monoisotopic (exact) mass is 439 g/mol. The smallest absolute Gasteiger partial charge is 0.318 e. The Morgan fingerprint density at radius 3 is 2.66 bits per heavy atom. The van der Waals surface area contributed by atoms with Crippen molar-refractivity contribution in [2.24, 2.45) is 12.1 Å². The fraction of sp³-hybridized carbons (Fsp3) is 0.435. The predicted octanol–water partition coefficient (Wildman–Crippen LogP) is 2.87. The molecule has 2 aromatic rings. The molecule has 0 radical (unpaired) electrons. The van der Waals surface area contributed by atoms with Crippen LogP contribution in [0.4, 0.5) is 4.79 Å². The van der Waals surface area contributed by atoms with Gasteiger partial charge < -0.3 is 24.3 Å². The van der Waals surface area contributed by atoms with Crippen LogP contribution in [0, 0.1) is 0 Å². The number of likely N-dealkylation sites (N-methyl/N-ethyl adjacent to an activating group) is 1. The number of amides is 3. The maximum Gasteiger partial charge on any atom is 0.318 e. The Morgan fingerprint density at radius 2 is 1.97 bits per heavy atom. The number of benzene rings is 1. The van der Waals surface area contributed by atoms with E-state index in [-0.39, 0.29) is 31.3 Å². The second-order valence-corrected chi connectivity index (χ2v) is 9.16. The van der Waals surface area contributed by atoms with Crippen molar-refractivity contribution < 1.29 is 19.1 Å². The summed E-state index contributed by atoms with van der Waals surface area (Å²) in [4.78, 5) is 27.1. The summed E-state index contributed by atoms with van der Waals surface area (Å²) in [6, 6.07) is 8.99. The summed E-state index contributed by atoms with van der Waals surface area (Å²) in [7, 11) is 3.55. The number of carbonyl (C=O) groups excluding carboxylic acids is 2. The van der Waals surface area contributed by atoms with Gasteiger partial charge in [0.05, 0.1) is 17.4 Å². The van der Waals surface area contributed by atoms with Crippen LogP contribution in [-0.4, -0.2) is 58.1 Å². The molecule has 2 aliphatic heterocycles. The number of aryl methyl sites for hydroxylation is 1. The molecule has 9 heteroatoms. The van der Waals surface area contributed by atoms with E-state index in [0.29, 0.717) is 17.9 Å². The first kappa shape index (κ1) is 21.7. The lowest BCUT2D eigenvalue weighted by molar-refractivity contribution is -0.133. The van der Waals surface area contributed by atoms with Crippen molar-refractivity contribution >= 4 is 17.6 Å². The molecule has 0 bridgehead atoms. The molecule has 32 heavy (non-hydrogen) atoms. The molecule has 1 atom stereocenters. The van der Waals surface area contributed by atoms with E-state index < -0.39 is 5.54 Å². The molecule has 9 nitrogen and oxygen atoms in total. The summed E-state index contributed by atoms with van der Waals surface area (Å²) in [5.41, 5.74) is 2.27. The van der Waals surface area contributed by atoms with E-state index >= 15 is 0 Å². The molecule has 1 N–H and O–H groups in total. The van der Waals surface area contributed by atoms with E-state index in [4.69, 9.17) is 9.47 Å². The zero-order valence-electron chi connectivity index (χ0n) is 19.1. The van der Waals surface area contributed by atoms with Crippen LogP contribution in [-0.2, 0) is 11.8 Å². The van der Waals surface area contributed by atoms with Crippen molar-refractivity contribution in [1.82, 2.24) is 19.8 Å². The molecular weight excluding hydrogens is 410 g/mol. The van der Waals surface area contributed by atoms with Crippen molar-refractivity contribution in [1.29, 1.82) is 0 Å². The zero-order valence-corrected chi connectivity index (χ0v) is 19.1. The number of hydrogen-bond acceptors (Lipinski definition) is 5. The summed E-state index contributed by atoms with van der Waals surface area (Å²) >= 11 is 0. The minimum absolute atomic E-state index is 0.0904. The lowest BCUT2D eigenvalue weighted by atomic mass is 10.00. The maximum atomic E-state index is 13.3. The van der Waals surface area contributed by atoms with E-state index in [1.54, 1.807) is 7.05 Å². The maximum absolute atomic E-state index is 13.3. The van der Waals surface area contributed by atoms with E-state index in [1.165, 1.54) is 9.91 Å². The van der Waals surface area contributed by atoms with E-state index in [2.05, 4.69) is 10.4 Å². The van der Waals surface area contributed by atoms with Gasteiger partial charge in [0.25, 0.3) is 5.91 Å². The molecule has 0 saturated heterocycles. The molecule has 3 heterocycles. The first-order valence-electron chi connectivity index (χ1n) is 10.6. The largest absolute Gasteiger partial charge is 0.454 e. The first-order valence-corrected chi connectivity index (χ1v) is 10.6. The normalized spacial score (nSPS) is 17.3. The number of aromatic nitrogens is 1. The molecule has 3 amide bonds. The Labute approximate surface area is 187 Å². The molecule has 0 aliphatic carbocycles. The summed E-state index contributed by atoms with van der Waals surface area (Å²) in [5, 5.41) is 9.04. The minimum atomic E-state index is -0.394. The molecule has 0 saturated carbocycles. The van der Waals surface area contributed by atoms with Gasteiger partial charge in [-0.05, 0) is 50.6 Å². The van der Waals surface area contributed by atoms with Crippen molar-refractivity contribution in [2.45, 2.75) is 38.8 Å². The molecule has 0 unspecified atom stereocenters. The van der Waals surface area contributed by atoms with E-state index in [0.717, 1.165) is 17.0 Å². The fourth-order valence-electron chi connectivity index (χ4n) is 3.80. The van der Waals surface area contributed by atoms with Gasteiger partial charge in [-0.3, -0.25) is 4.79 Å². The van der Waals surface area contributed by atoms with Gasteiger partial charge >= 0.3 is 6.03 Å². The van der Waals surface area contributed by atoms with Crippen LogP contribution >= 0.6 is 0 Å². The first-order chi connectivity index (χ1) is 15.1. The molecular formula is C23H29N5O4. The van der Waals surface area contributed by atoms with Crippen molar-refractivity contribution in [3.05, 3.63) is 47.8 Å². The Bertz CT molecular complexity index is 1070. The van der Waals surface area contributed by atoms with Crippen LogP contribution < -0.4 is 14.8 Å². The third-order valence-corrected chi connectivity index (χ3v) is 5.39. The second-order valence-electron chi connectivity index (χ2n) is 9.16. The van der Waals surface area contributed by atoms with Crippen LogP contribution in [0.25, 0.3) is 0 Å². The Hall–Kier alpha value is -3.49. The summed E-state index contributed by atoms with van der Waals surface area (Å²) in [5.74, 6) is 1.08. The highest BCUT2D eigenvalue weighted by atomic mass is 16.7. The number of fused-ring (bicyclic) bond motifs is 1. The van der Waals surface area contributed by atoms with Crippen LogP contribution in [0.3, 0.4) is 0 Å². The zero-order chi connectivity index (χ0) is 23.0. The van der Waals surface area contributed by atoms with Crippen molar-refractivity contribution in [3.63, 3.8) is 0 Å². The van der Waals surface area contributed by atoms with Crippen LogP contribution in [0.2, 0.25) is 0 Å². The average Bonchev–Trinajstić information content (AvgIpc) is 3.44. The third-order valence-electron chi connectivity index (χ3n) is 5.39.